The Morgan fingerprint density at radius 1 is 1.33 bits per heavy atom. The van der Waals surface area contributed by atoms with E-state index in [1.165, 1.54) is 0 Å². The van der Waals surface area contributed by atoms with Crippen LogP contribution in [0.3, 0.4) is 0 Å². The number of hydrogen-bond donors (Lipinski definition) is 1. The van der Waals surface area contributed by atoms with Crippen molar-refractivity contribution in [3.05, 3.63) is 17.5 Å². The number of nitrogens with one attached hydrogen (secondary N) is 1. The maximum absolute atomic E-state index is 12.5. The van der Waals surface area contributed by atoms with Crippen LogP contribution in [0.2, 0.25) is 0 Å². The van der Waals surface area contributed by atoms with E-state index in [0.717, 1.165) is 31.9 Å². The van der Waals surface area contributed by atoms with E-state index >= 15 is 0 Å². The molecule has 0 unspecified atom stereocenters. The summed E-state index contributed by atoms with van der Waals surface area (Å²) in [6, 6.07) is 1.74. The van der Waals surface area contributed by atoms with Gasteiger partial charge in [0.25, 0.3) is 5.91 Å². The van der Waals surface area contributed by atoms with Crippen molar-refractivity contribution in [2.24, 2.45) is 0 Å². The number of aromatic nitrogens is 2. The molecule has 1 aliphatic heterocycles. The molecule has 1 saturated heterocycles. The van der Waals surface area contributed by atoms with Crippen molar-refractivity contribution in [3.8, 4) is 0 Å². The molecule has 0 spiro atoms. The van der Waals surface area contributed by atoms with Crippen LogP contribution in [-0.4, -0.2) is 79.2 Å². The second-order valence-electron chi connectivity index (χ2n) is 5.23. The summed E-state index contributed by atoms with van der Waals surface area (Å²) in [6.45, 7) is 6.32. The van der Waals surface area contributed by atoms with E-state index in [1.807, 2.05) is 11.8 Å². The number of piperazine rings is 1. The van der Waals surface area contributed by atoms with Crippen LogP contribution in [0.15, 0.2) is 6.07 Å². The average Bonchev–Trinajstić information content (AvgIpc) is 2.47. The van der Waals surface area contributed by atoms with Gasteiger partial charge in [-0.05, 0) is 20.0 Å². The predicted molar refractivity (Wildman–Crippen MR) is 80.5 cm³/mol. The number of carbonyl (C=O) groups excluding carboxylic acids is 1. The highest BCUT2D eigenvalue weighted by atomic mass is 16.5. The summed E-state index contributed by atoms with van der Waals surface area (Å²) in [5.74, 6) is 0.452. The van der Waals surface area contributed by atoms with Crippen molar-refractivity contribution < 1.29 is 9.53 Å². The van der Waals surface area contributed by atoms with Crippen molar-refractivity contribution in [2.45, 2.75) is 6.92 Å². The van der Waals surface area contributed by atoms with Gasteiger partial charge >= 0.3 is 0 Å². The molecule has 1 fully saturated rings. The molecule has 1 aliphatic rings. The largest absolute Gasteiger partial charge is 0.383 e. The molecular weight excluding hydrogens is 270 g/mol. The SMILES string of the molecule is COCCNc1nc(C)cc(C(=O)N2CCN(C)CC2)n1. The lowest BCUT2D eigenvalue weighted by molar-refractivity contribution is 0.0658. The van der Waals surface area contributed by atoms with Gasteiger partial charge in [0.2, 0.25) is 5.95 Å². The Labute approximate surface area is 125 Å². The van der Waals surface area contributed by atoms with Crippen LogP contribution >= 0.6 is 0 Å². The highest BCUT2D eigenvalue weighted by Crippen LogP contribution is 2.10. The zero-order valence-corrected chi connectivity index (χ0v) is 12.9. The van der Waals surface area contributed by atoms with Gasteiger partial charge in [0.05, 0.1) is 6.61 Å². The number of ether oxygens (including phenoxy) is 1. The van der Waals surface area contributed by atoms with Crippen LogP contribution in [0.5, 0.6) is 0 Å². The topological polar surface area (TPSA) is 70.6 Å². The van der Waals surface area contributed by atoms with Gasteiger partial charge in [-0.2, -0.15) is 0 Å². The van der Waals surface area contributed by atoms with Gasteiger partial charge in [-0.3, -0.25) is 4.79 Å². The third-order valence-corrected chi connectivity index (χ3v) is 3.45. The Morgan fingerprint density at radius 3 is 2.71 bits per heavy atom. The molecule has 7 nitrogen and oxygen atoms in total. The summed E-state index contributed by atoms with van der Waals surface area (Å²) in [4.78, 5) is 25.2. The zero-order valence-electron chi connectivity index (χ0n) is 12.9. The van der Waals surface area contributed by atoms with E-state index < -0.39 is 0 Å². The van der Waals surface area contributed by atoms with Crippen LogP contribution in [0.1, 0.15) is 16.2 Å². The van der Waals surface area contributed by atoms with E-state index in [2.05, 4.69) is 27.2 Å². The van der Waals surface area contributed by atoms with E-state index in [1.54, 1.807) is 13.2 Å². The quantitative estimate of drug-likeness (QED) is 0.784. The molecule has 1 N–H and O–H groups in total. The third-order valence-electron chi connectivity index (χ3n) is 3.45. The molecule has 0 aromatic carbocycles. The molecule has 2 heterocycles. The molecule has 1 aromatic heterocycles. The summed E-state index contributed by atoms with van der Waals surface area (Å²) in [7, 11) is 3.70. The van der Waals surface area contributed by atoms with E-state index in [-0.39, 0.29) is 5.91 Å². The first-order valence-electron chi connectivity index (χ1n) is 7.16. The predicted octanol–water partition coefficient (Wildman–Crippen LogP) is 0.231. The Bertz CT molecular complexity index is 486. The Kier molecular flexibility index (Phi) is 5.46. The smallest absolute Gasteiger partial charge is 0.272 e. The van der Waals surface area contributed by atoms with Gasteiger partial charge < -0.3 is 19.9 Å². The number of rotatable bonds is 5. The monoisotopic (exact) mass is 293 g/mol. The Hall–Kier alpha value is -1.73. The maximum Gasteiger partial charge on any atom is 0.272 e. The highest BCUT2D eigenvalue weighted by Gasteiger charge is 2.22. The fraction of sp³-hybridized carbons (Fsp3) is 0.643. The van der Waals surface area contributed by atoms with Crippen molar-refractivity contribution >= 4 is 11.9 Å². The van der Waals surface area contributed by atoms with Crippen molar-refractivity contribution in [1.82, 2.24) is 19.8 Å². The number of carbonyl (C=O) groups is 1. The van der Waals surface area contributed by atoms with Crippen molar-refractivity contribution in [3.63, 3.8) is 0 Å². The summed E-state index contributed by atoms with van der Waals surface area (Å²) < 4.78 is 4.98. The number of aryl methyl sites for hydroxylation is 1. The lowest BCUT2D eigenvalue weighted by atomic mass is 10.2. The van der Waals surface area contributed by atoms with Gasteiger partial charge in [-0.25, -0.2) is 9.97 Å². The molecule has 116 valence electrons. The molecule has 21 heavy (non-hydrogen) atoms. The van der Waals surface area contributed by atoms with Crippen LogP contribution in [0, 0.1) is 6.92 Å². The number of hydrogen-bond acceptors (Lipinski definition) is 6. The van der Waals surface area contributed by atoms with Crippen molar-refractivity contribution in [1.29, 1.82) is 0 Å². The lowest BCUT2D eigenvalue weighted by Crippen LogP contribution is -2.47. The Morgan fingerprint density at radius 2 is 2.05 bits per heavy atom. The van der Waals surface area contributed by atoms with Crippen LogP contribution < -0.4 is 5.32 Å². The second-order valence-corrected chi connectivity index (χ2v) is 5.23. The summed E-state index contributed by atoms with van der Waals surface area (Å²) in [6.07, 6.45) is 0. The van der Waals surface area contributed by atoms with Crippen LogP contribution in [-0.2, 0) is 4.74 Å². The molecule has 0 atom stereocenters. The van der Waals surface area contributed by atoms with Crippen LogP contribution in [0.4, 0.5) is 5.95 Å². The van der Waals surface area contributed by atoms with Gasteiger partial charge in [0.15, 0.2) is 0 Å². The van der Waals surface area contributed by atoms with Crippen molar-refractivity contribution in [2.75, 3.05) is 58.8 Å². The maximum atomic E-state index is 12.5. The molecule has 0 bridgehead atoms. The molecule has 1 amide bonds. The summed E-state index contributed by atoms with van der Waals surface area (Å²) in [5, 5.41) is 3.07. The molecule has 0 saturated carbocycles. The molecule has 1 aromatic rings. The molecular formula is C14H23N5O2. The fourth-order valence-electron chi connectivity index (χ4n) is 2.19. The first-order chi connectivity index (χ1) is 10.1. The number of amides is 1. The van der Waals surface area contributed by atoms with Gasteiger partial charge in [-0.15, -0.1) is 0 Å². The fourth-order valence-corrected chi connectivity index (χ4v) is 2.19. The second kappa shape index (κ2) is 7.33. The Balaban J connectivity index is 2.06. The minimum absolute atomic E-state index is 0.0246. The summed E-state index contributed by atoms with van der Waals surface area (Å²) >= 11 is 0. The van der Waals surface area contributed by atoms with Gasteiger partial charge in [0, 0.05) is 45.5 Å². The normalized spacial score (nSPS) is 16.0. The average molecular weight is 293 g/mol. The van der Waals surface area contributed by atoms with E-state index in [4.69, 9.17) is 4.74 Å². The third kappa shape index (κ3) is 4.37. The molecule has 0 aliphatic carbocycles. The number of nitrogens with zero attached hydrogens (tertiary/aromatic N) is 4. The van der Waals surface area contributed by atoms with E-state index in [9.17, 15) is 4.79 Å². The first-order valence-corrected chi connectivity index (χ1v) is 7.16. The number of likely N-dealkylation sites (N-methyl/N-ethyl adjacent to an activating group) is 1. The minimum Gasteiger partial charge on any atom is -0.383 e. The standard InChI is InChI=1S/C14H23N5O2/c1-11-10-12(17-14(16-11)15-4-9-21-3)13(20)19-7-5-18(2)6-8-19/h10H,4-9H2,1-3H3,(H,15,16,17). The highest BCUT2D eigenvalue weighted by molar-refractivity contribution is 5.92. The minimum atomic E-state index is -0.0246. The zero-order chi connectivity index (χ0) is 15.2. The number of anilines is 1. The summed E-state index contributed by atoms with van der Waals surface area (Å²) in [5.41, 5.74) is 1.23. The van der Waals surface area contributed by atoms with E-state index in [0.29, 0.717) is 24.8 Å². The molecule has 7 heteroatoms. The lowest BCUT2D eigenvalue weighted by Gasteiger charge is -2.32. The van der Waals surface area contributed by atoms with Gasteiger partial charge in [-0.1, -0.05) is 0 Å². The van der Waals surface area contributed by atoms with Crippen LogP contribution in [0.25, 0.3) is 0 Å². The number of methoxy groups -OCH3 is 1. The molecule has 2 rings (SSSR count). The molecule has 0 radical (unpaired) electrons. The first kappa shape index (κ1) is 15.7. The van der Waals surface area contributed by atoms with Gasteiger partial charge in [0.1, 0.15) is 5.69 Å².